The number of amides is 2. The molecule has 3 aliphatic rings. The number of likely N-dealkylation sites (tertiary alicyclic amines) is 1. The van der Waals surface area contributed by atoms with Crippen LogP contribution in [0.4, 0.5) is 0 Å². The molecule has 154 valence electrons. The Morgan fingerprint density at radius 3 is 2.64 bits per heavy atom. The standard InChI is InChI=1S/C20H30N4O4/c1-3-16(22-8-7-21-14-22)18(26)24-10-15(28-13-20(24)5-4-6-20)9-17(25)23-11-19(2,27)12-23/h7-8,14-16,27H,3-6,9-13H2,1-2H3. The molecule has 4 rings (SSSR count). The Balaban J connectivity index is 1.45. The Hall–Kier alpha value is -1.93. The summed E-state index contributed by atoms with van der Waals surface area (Å²) in [6.45, 7) is 5.41. The van der Waals surface area contributed by atoms with Crippen LogP contribution in [0.5, 0.6) is 0 Å². The van der Waals surface area contributed by atoms with E-state index in [1.807, 2.05) is 22.6 Å². The average molecular weight is 390 g/mol. The summed E-state index contributed by atoms with van der Waals surface area (Å²) in [7, 11) is 0. The molecule has 2 atom stereocenters. The van der Waals surface area contributed by atoms with E-state index in [0.29, 0.717) is 32.7 Å². The van der Waals surface area contributed by atoms with E-state index in [4.69, 9.17) is 4.74 Å². The minimum Gasteiger partial charge on any atom is -0.386 e. The van der Waals surface area contributed by atoms with Gasteiger partial charge < -0.3 is 24.2 Å². The number of ether oxygens (including phenoxy) is 1. The fourth-order valence-electron chi connectivity index (χ4n) is 4.67. The largest absolute Gasteiger partial charge is 0.386 e. The van der Waals surface area contributed by atoms with E-state index in [9.17, 15) is 14.7 Å². The molecule has 1 aliphatic carbocycles. The van der Waals surface area contributed by atoms with Gasteiger partial charge in [0.1, 0.15) is 6.04 Å². The predicted octanol–water partition coefficient (Wildman–Crippen LogP) is 0.968. The van der Waals surface area contributed by atoms with Gasteiger partial charge in [0.2, 0.25) is 11.8 Å². The van der Waals surface area contributed by atoms with E-state index in [-0.39, 0.29) is 35.9 Å². The van der Waals surface area contributed by atoms with Crippen molar-refractivity contribution in [1.82, 2.24) is 19.4 Å². The van der Waals surface area contributed by atoms with Crippen molar-refractivity contribution in [3.63, 3.8) is 0 Å². The van der Waals surface area contributed by atoms with Gasteiger partial charge in [-0.3, -0.25) is 9.59 Å². The summed E-state index contributed by atoms with van der Waals surface area (Å²) in [4.78, 5) is 33.7. The van der Waals surface area contributed by atoms with Crippen molar-refractivity contribution < 1.29 is 19.4 Å². The van der Waals surface area contributed by atoms with Gasteiger partial charge in [-0.2, -0.15) is 0 Å². The molecule has 1 N–H and O–H groups in total. The highest BCUT2D eigenvalue weighted by molar-refractivity contribution is 5.82. The molecule has 3 fully saturated rings. The van der Waals surface area contributed by atoms with Gasteiger partial charge in [-0.15, -0.1) is 0 Å². The number of imidazole rings is 1. The number of aliphatic hydroxyl groups is 1. The van der Waals surface area contributed by atoms with Gasteiger partial charge in [0.25, 0.3) is 0 Å². The molecular formula is C20H30N4O4. The lowest BCUT2D eigenvalue weighted by Crippen LogP contribution is -2.66. The summed E-state index contributed by atoms with van der Waals surface area (Å²) in [6.07, 6.45) is 8.86. The zero-order chi connectivity index (χ0) is 19.9. The van der Waals surface area contributed by atoms with E-state index in [0.717, 1.165) is 19.3 Å². The fourth-order valence-corrected chi connectivity index (χ4v) is 4.67. The zero-order valence-corrected chi connectivity index (χ0v) is 16.7. The minimum atomic E-state index is -0.778. The van der Waals surface area contributed by atoms with Gasteiger partial charge in [-0.1, -0.05) is 6.92 Å². The number of β-amino-alcohol motifs (C(OH)–C–C–N with tert-alkyl or cyclic N) is 1. The van der Waals surface area contributed by atoms with Crippen LogP contribution in [-0.2, 0) is 14.3 Å². The van der Waals surface area contributed by atoms with Crippen LogP contribution >= 0.6 is 0 Å². The average Bonchev–Trinajstić information content (AvgIpc) is 3.13. The molecule has 2 aliphatic heterocycles. The first-order valence-electron chi connectivity index (χ1n) is 10.2. The van der Waals surface area contributed by atoms with E-state index in [1.165, 1.54) is 0 Å². The zero-order valence-electron chi connectivity index (χ0n) is 16.7. The van der Waals surface area contributed by atoms with Crippen LogP contribution in [0.25, 0.3) is 0 Å². The SMILES string of the molecule is CCC(C(=O)N1CC(CC(=O)N2CC(C)(O)C2)OCC12CCC2)n1ccnc1. The molecule has 0 aromatic carbocycles. The topological polar surface area (TPSA) is 87.9 Å². The van der Waals surface area contributed by atoms with Crippen molar-refractivity contribution in [3.8, 4) is 0 Å². The highest BCUT2D eigenvalue weighted by atomic mass is 16.5. The third-order valence-corrected chi connectivity index (χ3v) is 6.47. The van der Waals surface area contributed by atoms with Crippen LogP contribution in [-0.4, -0.2) is 79.8 Å². The molecule has 28 heavy (non-hydrogen) atoms. The first-order valence-corrected chi connectivity index (χ1v) is 10.2. The van der Waals surface area contributed by atoms with Gasteiger partial charge in [0.15, 0.2) is 0 Å². The fraction of sp³-hybridized carbons (Fsp3) is 0.750. The number of hydrogen-bond acceptors (Lipinski definition) is 5. The molecule has 8 nitrogen and oxygen atoms in total. The molecule has 2 unspecified atom stereocenters. The summed E-state index contributed by atoms with van der Waals surface area (Å²) in [6, 6.07) is -0.278. The second-order valence-electron chi connectivity index (χ2n) is 8.84. The second kappa shape index (κ2) is 7.15. The van der Waals surface area contributed by atoms with Crippen molar-refractivity contribution in [2.45, 2.75) is 69.2 Å². The van der Waals surface area contributed by atoms with Gasteiger partial charge in [-0.25, -0.2) is 4.98 Å². The molecule has 2 amide bonds. The smallest absolute Gasteiger partial charge is 0.246 e. The number of carbonyl (C=O) groups is 2. The maximum Gasteiger partial charge on any atom is 0.246 e. The van der Waals surface area contributed by atoms with Crippen molar-refractivity contribution in [1.29, 1.82) is 0 Å². The summed E-state index contributed by atoms with van der Waals surface area (Å²) >= 11 is 0. The van der Waals surface area contributed by atoms with Gasteiger partial charge in [0.05, 0.1) is 49.7 Å². The molecule has 0 bridgehead atoms. The first kappa shape index (κ1) is 19.4. The maximum atomic E-state index is 13.4. The molecular weight excluding hydrogens is 360 g/mol. The summed E-state index contributed by atoms with van der Waals surface area (Å²) in [5.41, 5.74) is -0.995. The second-order valence-corrected chi connectivity index (χ2v) is 8.84. The Kier molecular flexibility index (Phi) is 4.95. The molecule has 3 heterocycles. The molecule has 0 radical (unpaired) electrons. The predicted molar refractivity (Wildman–Crippen MR) is 101 cm³/mol. The Morgan fingerprint density at radius 2 is 2.11 bits per heavy atom. The first-order chi connectivity index (χ1) is 13.3. The maximum absolute atomic E-state index is 13.4. The van der Waals surface area contributed by atoms with E-state index >= 15 is 0 Å². The summed E-state index contributed by atoms with van der Waals surface area (Å²) in [5, 5.41) is 9.85. The molecule has 1 spiro atoms. The lowest BCUT2D eigenvalue weighted by atomic mass is 9.74. The molecule has 2 saturated heterocycles. The Morgan fingerprint density at radius 1 is 1.36 bits per heavy atom. The quantitative estimate of drug-likeness (QED) is 0.809. The third kappa shape index (κ3) is 3.43. The summed E-state index contributed by atoms with van der Waals surface area (Å²) in [5.74, 6) is 0.0722. The number of nitrogens with zero attached hydrogens (tertiary/aromatic N) is 4. The van der Waals surface area contributed by atoms with Gasteiger partial charge in [0, 0.05) is 18.9 Å². The molecule has 8 heteroatoms. The van der Waals surface area contributed by atoms with Crippen LogP contribution in [0.2, 0.25) is 0 Å². The van der Waals surface area contributed by atoms with Crippen LogP contribution in [0.15, 0.2) is 18.7 Å². The van der Waals surface area contributed by atoms with Gasteiger partial charge in [-0.05, 0) is 32.6 Å². The molecule has 1 saturated carbocycles. The lowest BCUT2D eigenvalue weighted by Gasteiger charge is -2.55. The van der Waals surface area contributed by atoms with Crippen LogP contribution in [0.3, 0.4) is 0 Å². The van der Waals surface area contributed by atoms with Crippen molar-refractivity contribution in [3.05, 3.63) is 18.7 Å². The highest BCUT2D eigenvalue weighted by Crippen LogP contribution is 2.42. The summed E-state index contributed by atoms with van der Waals surface area (Å²) < 4.78 is 7.91. The van der Waals surface area contributed by atoms with E-state index in [1.54, 1.807) is 24.3 Å². The monoisotopic (exact) mass is 390 g/mol. The Bertz CT molecular complexity index is 721. The lowest BCUT2D eigenvalue weighted by molar-refractivity contribution is -0.179. The highest BCUT2D eigenvalue weighted by Gasteiger charge is 2.50. The van der Waals surface area contributed by atoms with Crippen molar-refractivity contribution >= 4 is 11.8 Å². The van der Waals surface area contributed by atoms with Crippen LogP contribution in [0.1, 0.15) is 52.0 Å². The number of aromatic nitrogens is 2. The number of hydrogen-bond donors (Lipinski definition) is 1. The minimum absolute atomic E-state index is 0.0184. The number of rotatable bonds is 5. The van der Waals surface area contributed by atoms with Crippen molar-refractivity contribution in [2.24, 2.45) is 0 Å². The normalized spacial score (nSPS) is 26.5. The molecule has 1 aromatic rings. The van der Waals surface area contributed by atoms with Crippen LogP contribution in [0, 0.1) is 0 Å². The van der Waals surface area contributed by atoms with E-state index in [2.05, 4.69) is 4.98 Å². The Labute approximate surface area is 165 Å². The van der Waals surface area contributed by atoms with Gasteiger partial charge >= 0.3 is 0 Å². The van der Waals surface area contributed by atoms with Crippen molar-refractivity contribution in [2.75, 3.05) is 26.2 Å². The number of morpholine rings is 1. The third-order valence-electron chi connectivity index (χ3n) is 6.47. The molecule has 1 aromatic heterocycles. The number of carbonyl (C=O) groups excluding carboxylic acids is 2. The van der Waals surface area contributed by atoms with Crippen LogP contribution < -0.4 is 0 Å². The van der Waals surface area contributed by atoms with E-state index < -0.39 is 5.60 Å².